The van der Waals surface area contributed by atoms with Gasteiger partial charge in [0.25, 0.3) is 5.91 Å². The van der Waals surface area contributed by atoms with Crippen molar-refractivity contribution in [1.29, 1.82) is 0 Å². The van der Waals surface area contributed by atoms with Gasteiger partial charge in [0.15, 0.2) is 0 Å². The summed E-state index contributed by atoms with van der Waals surface area (Å²) in [4.78, 5) is 14.6. The van der Waals surface area contributed by atoms with Crippen molar-refractivity contribution in [2.24, 2.45) is 0 Å². The summed E-state index contributed by atoms with van der Waals surface area (Å²) >= 11 is 0. The molecule has 1 fully saturated rings. The maximum Gasteiger partial charge on any atom is 0.258 e. The highest BCUT2D eigenvalue weighted by atomic mass is 19.1. The van der Waals surface area contributed by atoms with Gasteiger partial charge in [0.1, 0.15) is 24.0 Å². The van der Waals surface area contributed by atoms with Crippen molar-refractivity contribution >= 4 is 5.91 Å². The van der Waals surface area contributed by atoms with Crippen molar-refractivity contribution in [3.8, 4) is 16.9 Å². The molecule has 1 saturated heterocycles. The van der Waals surface area contributed by atoms with Gasteiger partial charge in [-0.1, -0.05) is 12.1 Å². The molecule has 2 aromatic carbocycles. The second-order valence-corrected chi connectivity index (χ2v) is 6.59. The molecule has 1 N–H and O–H groups in total. The lowest BCUT2D eigenvalue weighted by Crippen LogP contribution is -2.37. The van der Waals surface area contributed by atoms with Crippen LogP contribution in [0.1, 0.15) is 22.3 Å². The summed E-state index contributed by atoms with van der Waals surface area (Å²) in [5, 5.41) is 9.87. The van der Waals surface area contributed by atoms with Crippen LogP contribution in [-0.2, 0) is 0 Å². The zero-order valence-corrected chi connectivity index (χ0v) is 13.6. The lowest BCUT2D eigenvalue weighted by atomic mass is 9.95. The number of aryl methyl sites for hydroxylation is 1. The molecule has 6 heteroatoms. The molecule has 4 rings (SSSR count). The number of hydrogen-bond acceptors (Lipinski definition) is 3. The number of halogens is 2. The number of carbonyl (C=O) groups is 1. The van der Waals surface area contributed by atoms with Gasteiger partial charge < -0.3 is 14.7 Å². The summed E-state index contributed by atoms with van der Waals surface area (Å²) in [6, 6.07) is 6.67. The Morgan fingerprint density at radius 2 is 1.92 bits per heavy atom. The quantitative estimate of drug-likeness (QED) is 0.865. The molecule has 1 amide bonds. The molecule has 2 aliphatic rings. The molecule has 2 aliphatic heterocycles. The summed E-state index contributed by atoms with van der Waals surface area (Å²) in [5.74, 6) is -1.51. The number of benzene rings is 2. The highest BCUT2D eigenvalue weighted by Crippen LogP contribution is 2.39. The van der Waals surface area contributed by atoms with Gasteiger partial charge in [0.2, 0.25) is 0 Å². The van der Waals surface area contributed by atoms with Gasteiger partial charge in [0, 0.05) is 12.1 Å². The smallest absolute Gasteiger partial charge is 0.258 e. The van der Waals surface area contributed by atoms with Gasteiger partial charge in [-0.2, -0.15) is 0 Å². The van der Waals surface area contributed by atoms with E-state index in [4.69, 9.17) is 4.74 Å². The topological polar surface area (TPSA) is 49.8 Å². The Morgan fingerprint density at radius 3 is 2.64 bits per heavy atom. The first kappa shape index (κ1) is 16.0. The molecule has 0 radical (unpaired) electrons. The van der Waals surface area contributed by atoms with Crippen molar-refractivity contribution < 1.29 is 23.4 Å². The van der Waals surface area contributed by atoms with Gasteiger partial charge in [-0.05, 0) is 37.1 Å². The highest BCUT2D eigenvalue weighted by Gasteiger charge is 2.40. The number of aliphatic hydroxyl groups is 1. The van der Waals surface area contributed by atoms with Crippen LogP contribution in [0.3, 0.4) is 0 Å². The lowest BCUT2D eigenvalue weighted by Gasteiger charge is -2.21. The van der Waals surface area contributed by atoms with Gasteiger partial charge in [-0.25, -0.2) is 8.78 Å². The summed E-state index contributed by atoms with van der Waals surface area (Å²) in [7, 11) is 0. The largest absolute Gasteiger partial charge is 0.491 e. The summed E-state index contributed by atoms with van der Waals surface area (Å²) in [5.41, 5.74) is 0.827. The Kier molecular flexibility index (Phi) is 3.72. The fourth-order valence-corrected chi connectivity index (χ4v) is 3.67. The first-order chi connectivity index (χ1) is 12.0. The fourth-order valence-electron chi connectivity index (χ4n) is 3.67. The van der Waals surface area contributed by atoms with Crippen LogP contribution in [0.25, 0.3) is 11.1 Å². The van der Waals surface area contributed by atoms with E-state index in [1.165, 1.54) is 11.0 Å². The van der Waals surface area contributed by atoms with Crippen LogP contribution in [0.5, 0.6) is 5.75 Å². The average molecular weight is 345 g/mol. The molecular formula is C19H17F2NO3. The number of rotatable bonds is 1. The molecule has 2 aromatic rings. The van der Waals surface area contributed by atoms with E-state index < -0.39 is 17.7 Å². The van der Waals surface area contributed by atoms with E-state index in [9.17, 15) is 18.7 Å². The van der Waals surface area contributed by atoms with Crippen molar-refractivity contribution in [2.75, 3.05) is 13.2 Å². The molecule has 0 bridgehead atoms. The van der Waals surface area contributed by atoms with Gasteiger partial charge in [-0.15, -0.1) is 0 Å². The van der Waals surface area contributed by atoms with E-state index in [1.54, 1.807) is 19.1 Å². The molecule has 0 aliphatic carbocycles. The lowest BCUT2D eigenvalue weighted by molar-refractivity contribution is 0.0710. The maximum atomic E-state index is 14.4. The standard InChI is InChI=1S/C19H17F2NO3/c1-10-5-13(17-14(20)3-2-4-15(17)21)18-16(6-10)25-9-11-7-12(23)8-22(11)19(18)24/h2-6,11-12,23H,7-9H2,1H3/t11-,12+/m1/s1. The molecule has 0 saturated carbocycles. The first-order valence-electron chi connectivity index (χ1n) is 8.16. The molecule has 25 heavy (non-hydrogen) atoms. The van der Waals surface area contributed by atoms with Crippen LogP contribution in [0, 0.1) is 18.6 Å². The Balaban J connectivity index is 1.94. The van der Waals surface area contributed by atoms with Crippen LogP contribution in [0.15, 0.2) is 30.3 Å². The second-order valence-electron chi connectivity index (χ2n) is 6.59. The molecule has 2 heterocycles. The monoisotopic (exact) mass is 345 g/mol. The molecular weight excluding hydrogens is 328 g/mol. The van der Waals surface area contributed by atoms with E-state index >= 15 is 0 Å². The fraction of sp³-hybridized carbons (Fsp3) is 0.316. The van der Waals surface area contributed by atoms with Gasteiger partial charge in [-0.3, -0.25) is 4.79 Å². The van der Waals surface area contributed by atoms with E-state index in [1.807, 2.05) is 0 Å². The van der Waals surface area contributed by atoms with Crippen molar-refractivity contribution in [3.05, 3.63) is 53.1 Å². The van der Waals surface area contributed by atoms with Crippen LogP contribution in [0.2, 0.25) is 0 Å². The first-order valence-corrected chi connectivity index (χ1v) is 8.16. The molecule has 4 nitrogen and oxygen atoms in total. The van der Waals surface area contributed by atoms with Crippen LogP contribution in [0.4, 0.5) is 8.78 Å². The Morgan fingerprint density at radius 1 is 1.20 bits per heavy atom. The third-order valence-electron chi connectivity index (χ3n) is 4.78. The van der Waals surface area contributed by atoms with Crippen LogP contribution < -0.4 is 4.74 Å². The number of hydrogen-bond donors (Lipinski definition) is 1. The predicted octanol–water partition coefficient (Wildman–Crippen LogP) is 2.91. The minimum atomic E-state index is -0.733. The van der Waals surface area contributed by atoms with Gasteiger partial charge in [0.05, 0.1) is 23.3 Å². The van der Waals surface area contributed by atoms with E-state index in [0.717, 1.165) is 17.7 Å². The van der Waals surface area contributed by atoms with E-state index in [0.29, 0.717) is 12.2 Å². The maximum absolute atomic E-state index is 14.4. The summed E-state index contributed by atoms with van der Waals surface area (Å²) < 4.78 is 34.5. The number of nitrogens with zero attached hydrogens (tertiary/aromatic N) is 1. The van der Waals surface area contributed by atoms with Crippen LogP contribution >= 0.6 is 0 Å². The molecule has 0 aromatic heterocycles. The van der Waals surface area contributed by atoms with Crippen molar-refractivity contribution in [2.45, 2.75) is 25.5 Å². The second kappa shape index (κ2) is 5.81. The Hall–Kier alpha value is -2.47. The SMILES string of the molecule is Cc1cc2c(c(-c3c(F)cccc3F)c1)C(=O)N1C[C@@H](O)C[C@@H]1CO2. The zero-order chi connectivity index (χ0) is 17.7. The number of ether oxygens (including phenoxy) is 1. The van der Waals surface area contributed by atoms with Crippen LogP contribution in [-0.4, -0.2) is 41.2 Å². The third kappa shape index (κ3) is 2.57. The third-order valence-corrected chi connectivity index (χ3v) is 4.78. The van der Waals surface area contributed by atoms with Crippen molar-refractivity contribution in [1.82, 2.24) is 4.90 Å². The van der Waals surface area contributed by atoms with E-state index in [-0.39, 0.29) is 41.8 Å². The Labute approximate surface area is 143 Å². The zero-order valence-electron chi connectivity index (χ0n) is 13.6. The summed E-state index contributed by atoms with van der Waals surface area (Å²) in [6.45, 7) is 2.23. The number of carbonyl (C=O) groups excluding carboxylic acids is 1. The number of fused-ring (bicyclic) bond motifs is 2. The summed E-state index contributed by atoms with van der Waals surface area (Å²) in [6.07, 6.45) is -0.180. The number of amides is 1. The average Bonchev–Trinajstić information content (AvgIpc) is 2.87. The highest BCUT2D eigenvalue weighted by molar-refractivity contribution is 6.04. The molecule has 130 valence electrons. The van der Waals surface area contributed by atoms with E-state index in [2.05, 4.69) is 0 Å². The van der Waals surface area contributed by atoms with Gasteiger partial charge >= 0.3 is 0 Å². The minimum absolute atomic E-state index is 0.145. The number of aliphatic hydroxyl groups excluding tert-OH is 1. The normalized spacial score (nSPS) is 22.2. The Bertz CT molecular complexity index is 848. The van der Waals surface area contributed by atoms with Crippen molar-refractivity contribution in [3.63, 3.8) is 0 Å². The molecule has 2 atom stereocenters. The minimum Gasteiger partial charge on any atom is -0.491 e. The predicted molar refractivity (Wildman–Crippen MR) is 87.5 cm³/mol. The molecule has 0 spiro atoms. The molecule has 0 unspecified atom stereocenters.